The Morgan fingerprint density at radius 1 is 1.13 bits per heavy atom. The Hall–Kier alpha value is -2.87. The van der Waals surface area contributed by atoms with E-state index in [1.807, 2.05) is 19.1 Å². The summed E-state index contributed by atoms with van der Waals surface area (Å²) < 4.78 is 26.2. The fourth-order valence-corrected chi connectivity index (χ4v) is 4.84. The SMILES string of the molecule is CCC(C(=O)Nc1ccc(N2CCCC2=O)cc1)N(c1ccc(C)cc1)S(C)(=O)=O. The monoisotopic (exact) mass is 429 g/mol. The molecule has 0 saturated carbocycles. The molecule has 1 aliphatic heterocycles. The van der Waals surface area contributed by atoms with Gasteiger partial charge in [0.15, 0.2) is 0 Å². The first-order valence-corrected chi connectivity index (χ1v) is 11.8. The van der Waals surface area contributed by atoms with Gasteiger partial charge in [0.2, 0.25) is 21.8 Å². The summed E-state index contributed by atoms with van der Waals surface area (Å²) >= 11 is 0. The molecule has 0 aliphatic carbocycles. The lowest BCUT2D eigenvalue weighted by atomic mass is 10.1. The van der Waals surface area contributed by atoms with Gasteiger partial charge in [-0.25, -0.2) is 8.42 Å². The maximum atomic E-state index is 13.0. The molecule has 3 rings (SSSR count). The van der Waals surface area contributed by atoms with E-state index in [1.165, 1.54) is 4.31 Å². The van der Waals surface area contributed by atoms with E-state index in [2.05, 4.69) is 5.32 Å². The van der Waals surface area contributed by atoms with Gasteiger partial charge >= 0.3 is 0 Å². The predicted molar refractivity (Wildman–Crippen MR) is 119 cm³/mol. The van der Waals surface area contributed by atoms with Gasteiger partial charge in [-0.3, -0.25) is 13.9 Å². The van der Waals surface area contributed by atoms with Crippen molar-refractivity contribution in [3.8, 4) is 0 Å². The highest BCUT2D eigenvalue weighted by Gasteiger charge is 2.31. The van der Waals surface area contributed by atoms with E-state index in [9.17, 15) is 18.0 Å². The van der Waals surface area contributed by atoms with Crippen LogP contribution >= 0.6 is 0 Å². The molecule has 1 atom stereocenters. The number of nitrogens with one attached hydrogen (secondary N) is 1. The molecule has 0 bridgehead atoms. The summed E-state index contributed by atoms with van der Waals surface area (Å²) in [7, 11) is -3.68. The van der Waals surface area contributed by atoms with Crippen LogP contribution in [0.3, 0.4) is 0 Å². The summed E-state index contributed by atoms with van der Waals surface area (Å²) in [5.74, 6) is -0.312. The number of sulfonamides is 1. The largest absolute Gasteiger partial charge is 0.324 e. The van der Waals surface area contributed by atoms with E-state index >= 15 is 0 Å². The number of amides is 2. The fourth-order valence-electron chi connectivity index (χ4n) is 3.62. The molecule has 160 valence electrons. The lowest BCUT2D eigenvalue weighted by molar-refractivity contribution is -0.118. The number of rotatable bonds is 7. The van der Waals surface area contributed by atoms with Crippen molar-refractivity contribution in [2.75, 3.05) is 27.3 Å². The lowest BCUT2D eigenvalue weighted by Crippen LogP contribution is -2.47. The van der Waals surface area contributed by atoms with Gasteiger partial charge in [-0.15, -0.1) is 0 Å². The molecule has 0 radical (unpaired) electrons. The van der Waals surface area contributed by atoms with Crippen LogP contribution < -0.4 is 14.5 Å². The third-order valence-electron chi connectivity index (χ3n) is 5.14. The molecule has 1 aliphatic rings. The lowest BCUT2D eigenvalue weighted by Gasteiger charge is -2.30. The second-order valence-electron chi connectivity index (χ2n) is 7.50. The van der Waals surface area contributed by atoms with E-state index in [0.717, 1.165) is 23.9 Å². The van der Waals surface area contributed by atoms with Crippen LogP contribution in [0, 0.1) is 6.92 Å². The summed E-state index contributed by atoms with van der Waals surface area (Å²) in [6, 6.07) is 13.2. The number of hydrogen-bond donors (Lipinski definition) is 1. The van der Waals surface area contributed by atoms with Gasteiger partial charge in [-0.1, -0.05) is 24.6 Å². The van der Waals surface area contributed by atoms with Crippen LogP contribution in [0.25, 0.3) is 0 Å². The number of anilines is 3. The van der Waals surface area contributed by atoms with Gasteiger partial charge in [0, 0.05) is 24.3 Å². The van der Waals surface area contributed by atoms with Gasteiger partial charge in [-0.05, 0) is 56.2 Å². The number of hydrogen-bond acceptors (Lipinski definition) is 4. The number of carbonyl (C=O) groups excluding carboxylic acids is 2. The standard InChI is InChI=1S/C22H27N3O4S/c1-4-20(25(30(3,28)29)19-11-7-16(2)8-12-19)22(27)23-17-9-13-18(14-10-17)24-15-5-6-21(24)26/h7-14,20H,4-6,15H2,1-3H3,(H,23,27). The average molecular weight is 430 g/mol. The van der Waals surface area contributed by atoms with E-state index in [-0.39, 0.29) is 5.91 Å². The van der Waals surface area contributed by atoms with Crippen LogP contribution in [0.2, 0.25) is 0 Å². The van der Waals surface area contributed by atoms with Crippen LogP contribution in [0.4, 0.5) is 17.1 Å². The van der Waals surface area contributed by atoms with Crippen LogP contribution in [0.1, 0.15) is 31.7 Å². The van der Waals surface area contributed by atoms with Crippen molar-refractivity contribution in [1.29, 1.82) is 0 Å². The first-order valence-electron chi connectivity index (χ1n) is 9.98. The Kier molecular flexibility index (Phi) is 6.45. The zero-order valence-corrected chi connectivity index (χ0v) is 18.3. The molecule has 7 nitrogen and oxygen atoms in total. The minimum Gasteiger partial charge on any atom is -0.324 e. The zero-order chi connectivity index (χ0) is 21.9. The maximum Gasteiger partial charge on any atom is 0.248 e. The molecule has 2 amide bonds. The van der Waals surface area contributed by atoms with Crippen LogP contribution in [0.5, 0.6) is 0 Å². The van der Waals surface area contributed by atoms with Crippen molar-refractivity contribution in [3.63, 3.8) is 0 Å². The number of aryl methyl sites for hydroxylation is 1. The van der Waals surface area contributed by atoms with Crippen molar-refractivity contribution in [3.05, 3.63) is 54.1 Å². The van der Waals surface area contributed by atoms with Crippen molar-refractivity contribution in [2.45, 2.75) is 39.2 Å². The quantitative estimate of drug-likeness (QED) is 0.732. The summed E-state index contributed by atoms with van der Waals surface area (Å²) in [6.45, 7) is 4.39. The van der Waals surface area contributed by atoms with E-state index in [4.69, 9.17) is 0 Å². The summed E-state index contributed by atoms with van der Waals surface area (Å²) in [6.07, 6.45) is 2.81. The Balaban J connectivity index is 1.80. The van der Waals surface area contributed by atoms with Gasteiger partial charge in [0.05, 0.1) is 11.9 Å². The van der Waals surface area contributed by atoms with E-state index < -0.39 is 22.0 Å². The number of carbonyl (C=O) groups is 2. The second-order valence-corrected chi connectivity index (χ2v) is 9.36. The third kappa shape index (κ3) is 4.81. The first kappa shape index (κ1) is 21.8. The summed E-state index contributed by atoms with van der Waals surface area (Å²) in [5.41, 5.74) is 2.79. The molecule has 2 aromatic carbocycles. The third-order valence-corrected chi connectivity index (χ3v) is 6.32. The van der Waals surface area contributed by atoms with Crippen molar-refractivity contribution in [1.82, 2.24) is 0 Å². The highest BCUT2D eigenvalue weighted by Crippen LogP contribution is 2.25. The predicted octanol–water partition coefficient (Wildman–Crippen LogP) is 3.31. The van der Waals surface area contributed by atoms with Crippen molar-refractivity contribution in [2.24, 2.45) is 0 Å². The number of nitrogens with zero attached hydrogens (tertiary/aromatic N) is 2. The first-order chi connectivity index (χ1) is 14.2. The van der Waals surface area contributed by atoms with Gasteiger partial charge < -0.3 is 10.2 Å². The van der Waals surface area contributed by atoms with Crippen LogP contribution in [-0.2, 0) is 19.6 Å². The van der Waals surface area contributed by atoms with Crippen molar-refractivity contribution >= 4 is 38.9 Å². The second kappa shape index (κ2) is 8.87. The molecule has 0 spiro atoms. The molecule has 2 aromatic rings. The average Bonchev–Trinajstić information content (AvgIpc) is 3.12. The minimum atomic E-state index is -3.68. The molecule has 1 heterocycles. The maximum absolute atomic E-state index is 13.0. The van der Waals surface area contributed by atoms with Crippen molar-refractivity contribution < 1.29 is 18.0 Å². The van der Waals surface area contributed by atoms with Crippen LogP contribution in [0.15, 0.2) is 48.5 Å². The summed E-state index contributed by atoms with van der Waals surface area (Å²) in [5, 5.41) is 2.81. The molecular formula is C22H27N3O4S. The molecule has 1 unspecified atom stereocenters. The highest BCUT2D eigenvalue weighted by atomic mass is 32.2. The Bertz CT molecular complexity index is 1020. The fraction of sp³-hybridized carbons (Fsp3) is 0.364. The molecule has 1 saturated heterocycles. The van der Waals surface area contributed by atoms with Crippen LogP contribution in [-0.4, -0.2) is 39.1 Å². The molecule has 1 N–H and O–H groups in total. The Morgan fingerprint density at radius 2 is 1.77 bits per heavy atom. The van der Waals surface area contributed by atoms with Gasteiger partial charge in [0.25, 0.3) is 0 Å². The Morgan fingerprint density at radius 3 is 2.27 bits per heavy atom. The molecule has 1 fully saturated rings. The summed E-state index contributed by atoms with van der Waals surface area (Å²) in [4.78, 5) is 26.6. The smallest absolute Gasteiger partial charge is 0.248 e. The van der Waals surface area contributed by atoms with Gasteiger partial charge in [-0.2, -0.15) is 0 Å². The molecular weight excluding hydrogens is 402 g/mol. The molecule has 0 aromatic heterocycles. The normalized spacial score (nSPS) is 15.2. The minimum absolute atomic E-state index is 0.0970. The molecule has 30 heavy (non-hydrogen) atoms. The van der Waals surface area contributed by atoms with E-state index in [1.54, 1.807) is 48.2 Å². The van der Waals surface area contributed by atoms with E-state index in [0.29, 0.717) is 30.8 Å². The van der Waals surface area contributed by atoms with Gasteiger partial charge in [0.1, 0.15) is 6.04 Å². The highest BCUT2D eigenvalue weighted by molar-refractivity contribution is 7.92. The number of benzene rings is 2. The molecule has 8 heteroatoms. The topological polar surface area (TPSA) is 86.8 Å². The Labute approximate surface area is 177 Å². The zero-order valence-electron chi connectivity index (χ0n) is 17.5.